The monoisotopic (exact) mass is 227 g/mol. The van der Waals surface area contributed by atoms with Gasteiger partial charge in [-0.25, -0.2) is 0 Å². The molecule has 2 atom stereocenters. The number of nitrogens with one attached hydrogen (secondary N) is 1. The Balaban J connectivity index is 0.00000112. The van der Waals surface area contributed by atoms with Crippen molar-refractivity contribution >= 4 is 12.4 Å². The van der Waals surface area contributed by atoms with E-state index in [-0.39, 0.29) is 19.0 Å². The fraction of sp³-hybridized carbons (Fsp3) is 0.500. The molecule has 1 aliphatic rings. The van der Waals surface area contributed by atoms with E-state index >= 15 is 0 Å². The van der Waals surface area contributed by atoms with Gasteiger partial charge in [-0.05, 0) is 12.5 Å². The van der Waals surface area contributed by atoms with E-state index in [1.807, 2.05) is 0 Å². The SMILES string of the molecule is Cc1cccc(C2CNCC2CO)c1.Cl. The lowest BCUT2D eigenvalue weighted by Gasteiger charge is -2.16. The van der Waals surface area contributed by atoms with Crippen molar-refractivity contribution in [1.29, 1.82) is 0 Å². The Labute approximate surface area is 97.1 Å². The molecule has 0 bridgehead atoms. The zero-order valence-electron chi connectivity index (χ0n) is 8.94. The first-order valence-electron chi connectivity index (χ1n) is 5.19. The molecular formula is C12H18ClNO. The van der Waals surface area contributed by atoms with Crippen molar-refractivity contribution in [2.75, 3.05) is 19.7 Å². The molecule has 3 heteroatoms. The minimum Gasteiger partial charge on any atom is -0.396 e. The molecule has 2 nitrogen and oxygen atoms in total. The fourth-order valence-electron chi connectivity index (χ4n) is 2.22. The predicted molar refractivity (Wildman–Crippen MR) is 64.6 cm³/mol. The van der Waals surface area contributed by atoms with E-state index < -0.39 is 0 Å². The molecule has 1 aliphatic heterocycles. The maximum Gasteiger partial charge on any atom is 0.0477 e. The third-order valence-electron chi connectivity index (χ3n) is 3.04. The van der Waals surface area contributed by atoms with E-state index in [1.165, 1.54) is 11.1 Å². The first kappa shape index (κ1) is 12.5. The lowest BCUT2D eigenvalue weighted by atomic mass is 9.89. The Kier molecular flexibility index (Phi) is 4.58. The highest BCUT2D eigenvalue weighted by atomic mass is 35.5. The standard InChI is InChI=1S/C12H17NO.ClH/c1-9-3-2-4-10(5-9)12-7-13-6-11(12)8-14;/h2-5,11-14H,6-8H2,1H3;1H. The molecule has 0 aliphatic carbocycles. The van der Waals surface area contributed by atoms with Crippen LogP contribution in [0, 0.1) is 12.8 Å². The Hall–Kier alpha value is -0.570. The molecule has 0 aromatic heterocycles. The van der Waals surface area contributed by atoms with Crippen LogP contribution in [0.4, 0.5) is 0 Å². The average Bonchev–Trinajstić information content (AvgIpc) is 2.65. The second kappa shape index (κ2) is 5.50. The van der Waals surface area contributed by atoms with Gasteiger partial charge in [0.2, 0.25) is 0 Å². The van der Waals surface area contributed by atoms with E-state index in [0.717, 1.165) is 13.1 Å². The van der Waals surface area contributed by atoms with Crippen LogP contribution in [0.3, 0.4) is 0 Å². The minimum absolute atomic E-state index is 0. The van der Waals surface area contributed by atoms with Crippen LogP contribution in [-0.2, 0) is 0 Å². The third kappa shape index (κ3) is 2.71. The largest absolute Gasteiger partial charge is 0.396 e. The third-order valence-corrected chi connectivity index (χ3v) is 3.04. The van der Waals surface area contributed by atoms with E-state index in [9.17, 15) is 5.11 Å². The second-order valence-corrected chi connectivity index (χ2v) is 4.12. The summed E-state index contributed by atoms with van der Waals surface area (Å²) in [5.74, 6) is 0.872. The molecule has 0 saturated carbocycles. The lowest BCUT2D eigenvalue weighted by molar-refractivity contribution is 0.226. The molecule has 1 aromatic carbocycles. The zero-order chi connectivity index (χ0) is 9.97. The van der Waals surface area contributed by atoms with E-state index in [1.54, 1.807) is 0 Å². The van der Waals surface area contributed by atoms with Gasteiger partial charge < -0.3 is 10.4 Å². The van der Waals surface area contributed by atoms with Crippen LogP contribution >= 0.6 is 12.4 Å². The van der Waals surface area contributed by atoms with Gasteiger partial charge in [0.05, 0.1) is 0 Å². The molecule has 84 valence electrons. The van der Waals surface area contributed by atoms with Gasteiger partial charge in [0.15, 0.2) is 0 Å². The van der Waals surface area contributed by atoms with Crippen molar-refractivity contribution in [3.8, 4) is 0 Å². The van der Waals surface area contributed by atoms with Crippen LogP contribution in [0.5, 0.6) is 0 Å². The predicted octanol–water partition coefficient (Wildman–Crippen LogP) is 1.71. The van der Waals surface area contributed by atoms with Gasteiger partial charge in [-0.1, -0.05) is 29.8 Å². The average molecular weight is 228 g/mol. The van der Waals surface area contributed by atoms with Crippen LogP contribution < -0.4 is 5.32 Å². The number of halogens is 1. The number of aryl methyl sites for hydroxylation is 1. The Morgan fingerprint density at radius 3 is 2.87 bits per heavy atom. The number of hydrogen-bond donors (Lipinski definition) is 2. The summed E-state index contributed by atoms with van der Waals surface area (Å²) in [5.41, 5.74) is 2.65. The molecule has 2 unspecified atom stereocenters. The van der Waals surface area contributed by atoms with Crippen molar-refractivity contribution in [2.24, 2.45) is 5.92 Å². The number of benzene rings is 1. The molecule has 1 heterocycles. The normalized spacial score (nSPS) is 24.9. The van der Waals surface area contributed by atoms with Gasteiger partial charge in [0.25, 0.3) is 0 Å². The summed E-state index contributed by atoms with van der Waals surface area (Å²) in [4.78, 5) is 0. The summed E-state index contributed by atoms with van der Waals surface area (Å²) in [7, 11) is 0. The molecule has 2 N–H and O–H groups in total. The zero-order valence-corrected chi connectivity index (χ0v) is 9.76. The maximum atomic E-state index is 9.23. The number of hydrogen-bond acceptors (Lipinski definition) is 2. The molecule has 15 heavy (non-hydrogen) atoms. The molecule has 1 aromatic rings. The van der Waals surface area contributed by atoms with Gasteiger partial charge in [-0.15, -0.1) is 12.4 Å². The smallest absolute Gasteiger partial charge is 0.0477 e. The first-order chi connectivity index (χ1) is 6.81. The van der Waals surface area contributed by atoms with E-state index in [2.05, 4.69) is 36.5 Å². The first-order valence-corrected chi connectivity index (χ1v) is 5.19. The Morgan fingerprint density at radius 2 is 2.20 bits per heavy atom. The van der Waals surface area contributed by atoms with E-state index in [0.29, 0.717) is 11.8 Å². The lowest BCUT2D eigenvalue weighted by Crippen LogP contribution is -2.14. The van der Waals surface area contributed by atoms with Gasteiger partial charge >= 0.3 is 0 Å². The van der Waals surface area contributed by atoms with Gasteiger partial charge in [0, 0.05) is 31.5 Å². The van der Waals surface area contributed by atoms with Gasteiger partial charge in [-0.2, -0.15) is 0 Å². The van der Waals surface area contributed by atoms with E-state index in [4.69, 9.17) is 0 Å². The van der Waals surface area contributed by atoms with Crippen molar-refractivity contribution < 1.29 is 5.11 Å². The molecule has 0 spiro atoms. The van der Waals surface area contributed by atoms with Crippen molar-refractivity contribution in [1.82, 2.24) is 5.32 Å². The van der Waals surface area contributed by atoms with Gasteiger partial charge in [0.1, 0.15) is 0 Å². The van der Waals surface area contributed by atoms with Gasteiger partial charge in [-0.3, -0.25) is 0 Å². The summed E-state index contributed by atoms with van der Waals surface area (Å²) in [6.07, 6.45) is 0. The second-order valence-electron chi connectivity index (χ2n) is 4.12. The quantitative estimate of drug-likeness (QED) is 0.807. The summed E-state index contributed by atoms with van der Waals surface area (Å²) in [5, 5.41) is 12.6. The molecule has 1 fully saturated rings. The fourth-order valence-corrected chi connectivity index (χ4v) is 2.22. The van der Waals surface area contributed by atoms with Crippen LogP contribution in [0.15, 0.2) is 24.3 Å². The highest BCUT2D eigenvalue weighted by Gasteiger charge is 2.27. The van der Waals surface area contributed by atoms with Crippen molar-refractivity contribution in [3.05, 3.63) is 35.4 Å². The number of aliphatic hydroxyl groups is 1. The van der Waals surface area contributed by atoms with Crippen molar-refractivity contribution in [3.63, 3.8) is 0 Å². The summed E-state index contributed by atoms with van der Waals surface area (Å²) in [6.45, 7) is 4.33. The minimum atomic E-state index is 0. The Bertz CT molecular complexity index is 316. The molecule has 2 rings (SSSR count). The highest BCUT2D eigenvalue weighted by Crippen LogP contribution is 2.27. The van der Waals surface area contributed by atoms with Crippen LogP contribution in [0.25, 0.3) is 0 Å². The Morgan fingerprint density at radius 1 is 1.40 bits per heavy atom. The summed E-state index contributed by atoms with van der Waals surface area (Å²) >= 11 is 0. The van der Waals surface area contributed by atoms with Crippen LogP contribution in [0.2, 0.25) is 0 Å². The summed E-state index contributed by atoms with van der Waals surface area (Å²) in [6, 6.07) is 8.59. The maximum absolute atomic E-state index is 9.23. The summed E-state index contributed by atoms with van der Waals surface area (Å²) < 4.78 is 0. The molecule has 0 amide bonds. The molecule has 0 radical (unpaired) electrons. The van der Waals surface area contributed by atoms with Crippen LogP contribution in [0.1, 0.15) is 17.0 Å². The molecule has 1 saturated heterocycles. The molecular weight excluding hydrogens is 210 g/mol. The topological polar surface area (TPSA) is 32.3 Å². The van der Waals surface area contributed by atoms with Crippen molar-refractivity contribution in [2.45, 2.75) is 12.8 Å². The van der Waals surface area contributed by atoms with Crippen LogP contribution in [-0.4, -0.2) is 24.8 Å². The highest BCUT2D eigenvalue weighted by molar-refractivity contribution is 5.85. The number of aliphatic hydroxyl groups excluding tert-OH is 1. The number of rotatable bonds is 2.